The van der Waals surface area contributed by atoms with Gasteiger partial charge in [0.2, 0.25) is 0 Å². The van der Waals surface area contributed by atoms with E-state index in [1.54, 1.807) is 6.20 Å². The normalized spacial score (nSPS) is 10.8. The van der Waals surface area contributed by atoms with E-state index in [-0.39, 0.29) is 0 Å². The van der Waals surface area contributed by atoms with Gasteiger partial charge >= 0.3 is 0 Å². The molecule has 1 aromatic carbocycles. The molecule has 0 aliphatic carbocycles. The third-order valence-corrected chi connectivity index (χ3v) is 3.47. The highest BCUT2D eigenvalue weighted by molar-refractivity contribution is 9.10. The molecule has 0 amide bonds. The van der Waals surface area contributed by atoms with Crippen molar-refractivity contribution >= 4 is 27.3 Å². The Morgan fingerprint density at radius 2 is 2.19 bits per heavy atom. The second-order valence-corrected chi connectivity index (χ2v) is 5.31. The second-order valence-electron chi connectivity index (χ2n) is 4.50. The first kappa shape index (κ1) is 13.9. The van der Waals surface area contributed by atoms with Gasteiger partial charge in [-0.25, -0.2) is 9.97 Å². The lowest BCUT2D eigenvalue weighted by molar-refractivity contribution is 0.340. The van der Waals surface area contributed by atoms with Crippen molar-refractivity contribution < 1.29 is 4.74 Å². The van der Waals surface area contributed by atoms with Crippen LogP contribution < -0.4 is 10.1 Å². The molecule has 3 rings (SSSR count). The first-order chi connectivity index (χ1) is 10.3. The van der Waals surface area contributed by atoms with Crippen LogP contribution in [0.25, 0.3) is 5.65 Å². The fourth-order valence-corrected chi connectivity index (χ4v) is 2.41. The molecule has 0 unspecified atom stereocenters. The third kappa shape index (κ3) is 3.16. The fraction of sp³-hybridized carbons (Fsp3) is 0.200. The summed E-state index contributed by atoms with van der Waals surface area (Å²) in [5.41, 5.74) is 2.91. The van der Waals surface area contributed by atoms with Crippen LogP contribution in [-0.4, -0.2) is 21.0 Å². The number of nitrogens with one attached hydrogen (secondary N) is 1. The van der Waals surface area contributed by atoms with Gasteiger partial charge in [0.25, 0.3) is 0 Å². The highest BCUT2D eigenvalue weighted by Gasteiger charge is 2.04. The van der Waals surface area contributed by atoms with E-state index in [4.69, 9.17) is 4.74 Å². The molecule has 2 aromatic heterocycles. The SMILES string of the molecule is CCOc1cccc(NCc2cnc3cnc(Br)cn23)c1. The summed E-state index contributed by atoms with van der Waals surface area (Å²) in [6.45, 7) is 3.31. The van der Waals surface area contributed by atoms with E-state index in [2.05, 4.69) is 31.2 Å². The van der Waals surface area contributed by atoms with Gasteiger partial charge in [-0.05, 0) is 35.0 Å². The Kier molecular flexibility index (Phi) is 4.06. The number of anilines is 1. The van der Waals surface area contributed by atoms with Crippen LogP contribution in [0.4, 0.5) is 5.69 Å². The van der Waals surface area contributed by atoms with Crippen LogP contribution in [0, 0.1) is 0 Å². The molecule has 2 heterocycles. The van der Waals surface area contributed by atoms with Gasteiger partial charge in [0.05, 0.1) is 31.2 Å². The number of imidazole rings is 1. The molecule has 0 spiro atoms. The fourth-order valence-electron chi connectivity index (χ4n) is 2.10. The Morgan fingerprint density at radius 1 is 1.29 bits per heavy atom. The maximum absolute atomic E-state index is 5.50. The molecular weight excluding hydrogens is 332 g/mol. The smallest absolute Gasteiger partial charge is 0.155 e. The molecule has 3 aromatic rings. The molecule has 0 saturated carbocycles. The van der Waals surface area contributed by atoms with Crippen molar-refractivity contribution in [2.75, 3.05) is 11.9 Å². The van der Waals surface area contributed by atoms with Gasteiger partial charge in [-0.3, -0.25) is 4.40 Å². The third-order valence-electron chi connectivity index (χ3n) is 3.06. The van der Waals surface area contributed by atoms with Crippen LogP contribution in [0.3, 0.4) is 0 Å². The van der Waals surface area contributed by atoms with Crippen molar-refractivity contribution in [1.82, 2.24) is 14.4 Å². The summed E-state index contributed by atoms with van der Waals surface area (Å²) in [5, 5.41) is 3.38. The highest BCUT2D eigenvalue weighted by atomic mass is 79.9. The van der Waals surface area contributed by atoms with E-state index in [0.717, 1.165) is 27.4 Å². The Balaban J connectivity index is 1.77. The Hall–Kier alpha value is -2.08. The molecule has 6 heteroatoms. The Labute approximate surface area is 131 Å². The summed E-state index contributed by atoms with van der Waals surface area (Å²) >= 11 is 3.38. The summed E-state index contributed by atoms with van der Waals surface area (Å²) in [5.74, 6) is 0.868. The van der Waals surface area contributed by atoms with E-state index >= 15 is 0 Å². The lowest BCUT2D eigenvalue weighted by Crippen LogP contribution is -2.03. The average molecular weight is 347 g/mol. The second kappa shape index (κ2) is 6.13. The standard InChI is InChI=1S/C15H15BrN4O/c1-2-21-13-5-3-4-11(6-13)17-7-12-8-19-15-9-18-14(16)10-20(12)15/h3-6,8-10,17H,2,7H2,1H3. The Bertz CT molecular complexity index is 756. The number of nitrogens with zero attached hydrogens (tertiary/aromatic N) is 3. The predicted octanol–water partition coefficient (Wildman–Crippen LogP) is 3.50. The van der Waals surface area contributed by atoms with Crippen molar-refractivity contribution in [2.45, 2.75) is 13.5 Å². The van der Waals surface area contributed by atoms with Crippen LogP contribution in [0.5, 0.6) is 5.75 Å². The van der Waals surface area contributed by atoms with Crippen LogP contribution in [0.1, 0.15) is 12.6 Å². The minimum Gasteiger partial charge on any atom is -0.494 e. The topological polar surface area (TPSA) is 51.5 Å². The predicted molar refractivity (Wildman–Crippen MR) is 85.6 cm³/mol. The molecule has 0 fully saturated rings. The molecule has 21 heavy (non-hydrogen) atoms. The van der Waals surface area contributed by atoms with E-state index in [1.807, 2.05) is 48.0 Å². The van der Waals surface area contributed by atoms with Gasteiger partial charge in [-0.15, -0.1) is 0 Å². The summed E-state index contributed by atoms with van der Waals surface area (Å²) in [6, 6.07) is 7.93. The number of hydrogen-bond acceptors (Lipinski definition) is 4. The number of benzene rings is 1. The summed E-state index contributed by atoms with van der Waals surface area (Å²) in [4.78, 5) is 8.50. The number of rotatable bonds is 5. The first-order valence-corrected chi connectivity index (χ1v) is 7.50. The number of aromatic nitrogens is 3. The lowest BCUT2D eigenvalue weighted by atomic mass is 10.3. The number of halogens is 1. The Morgan fingerprint density at radius 3 is 3.05 bits per heavy atom. The highest BCUT2D eigenvalue weighted by Crippen LogP contribution is 2.18. The molecule has 0 radical (unpaired) electrons. The van der Waals surface area contributed by atoms with Crippen molar-refractivity contribution in [3.63, 3.8) is 0 Å². The van der Waals surface area contributed by atoms with E-state index in [0.29, 0.717) is 13.2 Å². The van der Waals surface area contributed by atoms with Crippen LogP contribution >= 0.6 is 15.9 Å². The van der Waals surface area contributed by atoms with Crippen LogP contribution in [0.15, 0.2) is 47.5 Å². The minimum atomic E-state index is 0.664. The molecule has 0 atom stereocenters. The van der Waals surface area contributed by atoms with Gasteiger partial charge in [-0.2, -0.15) is 0 Å². The van der Waals surface area contributed by atoms with Crippen LogP contribution in [-0.2, 0) is 6.54 Å². The zero-order chi connectivity index (χ0) is 14.7. The summed E-state index contributed by atoms with van der Waals surface area (Å²) in [7, 11) is 0. The summed E-state index contributed by atoms with van der Waals surface area (Å²) < 4.78 is 8.29. The van der Waals surface area contributed by atoms with E-state index < -0.39 is 0 Å². The van der Waals surface area contributed by atoms with Crippen molar-refractivity contribution in [3.05, 3.63) is 53.2 Å². The van der Waals surface area contributed by atoms with Gasteiger partial charge in [0, 0.05) is 18.0 Å². The molecule has 1 N–H and O–H groups in total. The van der Waals surface area contributed by atoms with Gasteiger partial charge in [0.15, 0.2) is 5.65 Å². The molecule has 108 valence electrons. The van der Waals surface area contributed by atoms with Gasteiger partial charge in [-0.1, -0.05) is 6.07 Å². The molecular formula is C15H15BrN4O. The lowest BCUT2D eigenvalue weighted by Gasteiger charge is -2.09. The number of hydrogen-bond donors (Lipinski definition) is 1. The van der Waals surface area contributed by atoms with E-state index in [9.17, 15) is 0 Å². The molecule has 0 bridgehead atoms. The maximum Gasteiger partial charge on any atom is 0.155 e. The van der Waals surface area contributed by atoms with Crippen LogP contribution in [0.2, 0.25) is 0 Å². The molecule has 0 saturated heterocycles. The zero-order valence-electron chi connectivity index (χ0n) is 11.6. The van der Waals surface area contributed by atoms with Crippen molar-refractivity contribution in [3.8, 4) is 5.75 Å². The van der Waals surface area contributed by atoms with Crippen molar-refractivity contribution in [2.24, 2.45) is 0 Å². The number of fused-ring (bicyclic) bond motifs is 1. The van der Waals surface area contributed by atoms with Gasteiger partial charge in [0.1, 0.15) is 10.4 Å². The first-order valence-electron chi connectivity index (χ1n) is 6.70. The molecule has 0 aliphatic rings. The largest absolute Gasteiger partial charge is 0.494 e. The summed E-state index contributed by atoms with van der Waals surface area (Å²) in [6.07, 6.45) is 5.50. The molecule has 5 nitrogen and oxygen atoms in total. The van der Waals surface area contributed by atoms with E-state index in [1.165, 1.54) is 0 Å². The molecule has 0 aliphatic heterocycles. The average Bonchev–Trinajstić information content (AvgIpc) is 2.88. The maximum atomic E-state index is 5.50. The minimum absolute atomic E-state index is 0.664. The van der Waals surface area contributed by atoms with Crippen molar-refractivity contribution in [1.29, 1.82) is 0 Å². The monoisotopic (exact) mass is 346 g/mol. The quantitative estimate of drug-likeness (QED) is 0.768. The number of ether oxygens (including phenoxy) is 1. The zero-order valence-corrected chi connectivity index (χ0v) is 13.2. The van der Waals surface area contributed by atoms with Gasteiger partial charge < -0.3 is 10.1 Å².